The molecule has 0 aliphatic carbocycles. The van der Waals surface area contributed by atoms with Crippen LogP contribution in [-0.2, 0) is 9.59 Å². The van der Waals surface area contributed by atoms with Gasteiger partial charge >= 0.3 is 0 Å². The molecule has 0 spiro atoms. The Morgan fingerprint density at radius 1 is 0.833 bits per heavy atom. The van der Waals surface area contributed by atoms with Crippen LogP contribution in [0.25, 0.3) is 17.0 Å². The number of aromatic nitrogens is 1. The number of carbonyl (C=O) groups excluding carboxylic acids is 3. The predicted octanol–water partition coefficient (Wildman–Crippen LogP) is 7.35. The predicted molar refractivity (Wildman–Crippen MR) is 171 cm³/mol. The second-order valence-corrected chi connectivity index (χ2v) is 11.3. The molecule has 0 saturated heterocycles. The Balaban J connectivity index is 1.27. The number of amides is 3. The summed E-state index contributed by atoms with van der Waals surface area (Å²) in [7, 11) is 0. The highest BCUT2D eigenvalue weighted by atomic mass is 35.5. The number of nitrogens with one attached hydrogen (secondary N) is 4. The van der Waals surface area contributed by atoms with Crippen LogP contribution >= 0.6 is 23.4 Å². The molecule has 0 fully saturated rings. The van der Waals surface area contributed by atoms with Crippen molar-refractivity contribution in [1.29, 1.82) is 0 Å². The van der Waals surface area contributed by atoms with Gasteiger partial charge < -0.3 is 20.9 Å². The van der Waals surface area contributed by atoms with Gasteiger partial charge in [-0.3, -0.25) is 14.4 Å². The molecule has 210 valence electrons. The van der Waals surface area contributed by atoms with Crippen molar-refractivity contribution in [2.75, 3.05) is 10.6 Å². The smallest absolute Gasteiger partial charge is 0.272 e. The zero-order valence-electron chi connectivity index (χ0n) is 22.6. The number of fused-ring (bicyclic) bond motifs is 1. The van der Waals surface area contributed by atoms with Gasteiger partial charge in [0, 0.05) is 38.6 Å². The van der Waals surface area contributed by atoms with E-state index in [2.05, 4.69) is 20.9 Å². The van der Waals surface area contributed by atoms with Crippen LogP contribution in [0.15, 0.2) is 120 Å². The Kier molecular flexibility index (Phi) is 9.06. The summed E-state index contributed by atoms with van der Waals surface area (Å²) in [6.07, 6.45) is 3.44. The maximum atomic E-state index is 13.4. The van der Waals surface area contributed by atoms with Crippen molar-refractivity contribution in [3.05, 3.63) is 131 Å². The van der Waals surface area contributed by atoms with E-state index in [0.717, 1.165) is 15.8 Å². The Bertz CT molecular complexity index is 1770. The number of carbonyl (C=O) groups is 3. The third kappa shape index (κ3) is 7.48. The average molecular weight is 595 g/mol. The van der Waals surface area contributed by atoms with Gasteiger partial charge in [-0.15, -0.1) is 11.8 Å². The van der Waals surface area contributed by atoms with Crippen LogP contribution in [0, 0.1) is 0 Å². The van der Waals surface area contributed by atoms with E-state index in [-0.39, 0.29) is 11.6 Å². The number of rotatable bonds is 9. The first-order valence-corrected chi connectivity index (χ1v) is 14.4. The number of aromatic amines is 1. The van der Waals surface area contributed by atoms with E-state index >= 15 is 0 Å². The molecule has 7 nitrogen and oxygen atoms in total. The van der Waals surface area contributed by atoms with Crippen molar-refractivity contribution in [2.24, 2.45) is 0 Å². The van der Waals surface area contributed by atoms with Crippen molar-refractivity contribution < 1.29 is 14.4 Å². The number of hydrogen-bond donors (Lipinski definition) is 4. The van der Waals surface area contributed by atoms with Gasteiger partial charge in [0.2, 0.25) is 5.91 Å². The van der Waals surface area contributed by atoms with Crippen molar-refractivity contribution in [3.8, 4) is 0 Å². The lowest BCUT2D eigenvalue weighted by atomic mass is 10.1. The van der Waals surface area contributed by atoms with Gasteiger partial charge in [0.1, 0.15) is 5.70 Å². The maximum Gasteiger partial charge on any atom is 0.272 e. The number of hydrogen-bond acceptors (Lipinski definition) is 4. The molecule has 1 heterocycles. The molecule has 0 aliphatic heterocycles. The van der Waals surface area contributed by atoms with Gasteiger partial charge in [0.25, 0.3) is 11.8 Å². The molecular weight excluding hydrogens is 568 g/mol. The summed E-state index contributed by atoms with van der Waals surface area (Å²) in [6.45, 7) is 1.82. The molecule has 4 N–H and O–H groups in total. The standard InChI is InChI=1S/C33H27ClN4O3S/c1-21(31(39)36-27-15-12-23-16-17-35-29(23)20-27)42-28-9-5-8-26(19-28)37-33(41)30(18-22-10-13-25(34)14-11-22)38-32(40)24-6-3-2-4-7-24/h2-21,35H,1H3,(H,36,39)(H,37,41)(H,38,40)/b30-18-. The summed E-state index contributed by atoms with van der Waals surface area (Å²) in [5.74, 6) is -1.05. The van der Waals surface area contributed by atoms with E-state index in [0.29, 0.717) is 27.5 Å². The molecule has 5 aromatic rings. The van der Waals surface area contributed by atoms with Crippen LogP contribution in [0.2, 0.25) is 5.02 Å². The molecule has 0 radical (unpaired) electrons. The maximum absolute atomic E-state index is 13.4. The molecule has 5 rings (SSSR count). The number of benzene rings is 4. The molecular formula is C33H27ClN4O3S. The molecule has 0 bridgehead atoms. The van der Waals surface area contributed by atoms with Crippen molar-refractivity contribution in [2.45, 2.75) is 17.1 Å². The number of halogens is 1. The number of thioether (sulfide) groups is 1. The van der Waals surface area contributed by atoms with Crippen LogP contribution in [-0.4, -0.2) is 28.0 Å². The minimum atomic E-state index is -0.498. The molecule has 1 unspecified atom stereocenters. The summed E-state index contributed by atoms with van der Waals surface area (Å²) in [5.41, 5.74) is 3.35. The fourth-order valence-corrected chi connectivity index (χ4v) is 5.19. The van der Waals surface area contributed by atoms with Crippen molar-refractivity contribution >= 4 is 69.4 Å². The molecule has 42 heavy (non-hydrogen) atoms. The lowest BCUT2D eigenvalue weighted by molar-refractivity contribution is -0.115. The fourth-order valence-electron chi connectivity index (χ4n) is 4.14. The van der Waals surface area contributed by atoms with Gasteiger partial charge in [-0.25, -0.2) is 0 Å². The highest BCUT2D eigenvalue weighted by molar-refractivity contribution is 8.00. The summed E-state index contributed by atoms with van der Waals surface area (Å²) >= 11 is 7.38. The van der Waals surface area contributed by atoms with Crippen LogP contribution in [0.4, 0.5) is 11.4 Å². The Hall–Kier alpha value is -4.79. The molecule has 1 atom stereocenters. The largest absolute Gasteiger partial charge is 0.361 e. The normalized spacial score (nSPS) is 12.0. The molecule has 0 saturated carbocycles. The van der Waals surface area contributed by atoms with Gasteiger partial charge in [-0.05, 0) is 84.6 Å². The van der Waals surface area contributed by atoms with Crippen LogP contribution in [0.5, 0.6) is 0 Å². The lowest BCUT2D eigenvalue weighted by Crippen LogP contribution is -2.30. The van der Waals surface area contributed by atoms with Gasteiger partial charge in [-0.2, -0.15) is 0 Å². The SMILES string of the molecule is CC(Sc1cccc(NC(=O)/C(=C/c2ccc(Cl)cc2)NC(=O)c2ccccc2)c1)C(=O)Nc1ccc2cc[nH]c2c1. The zero-order chi connectivity index (χ0) is 29.5. The quantitative estimate of drug-likeness (QED) is 0.106. The van der Waals surface area contributed by atoms with Crippen molar-refractivity contribution in [3.63, 3.8) is 0 Å². The van der Waals surface area contributed by atoms with Gasteiger partial charge in [0.05, 0.1) is 5.25 Å². The fraction of sp³-hybridized carbons (Fsp3) is 0.0606. The van der Waals surface area contributed by atoms with E-state index in [1.54, 1.807) is 72.8 Å². The van der Waals surface area contributed by atoms with E-state index in [1.165, 1.54) is 11.8 Å². The molecule has 4 aromatic carbocycles. The third-order valence-corrected chi connectivity index (χ3v) is 7.65. The third-order valence-electron chi connectivity index (χ3n) is 6.31. The second-order valence-electron chi connectivity index (χ2n) is 9.44. The van der Waals surface area contributed by atoms with E-state index in [1.807, 2.05) is 49.5 Å². The minimum absolute atomic E-state index is 0.0658. The summed E-state index contributed by atoms with van der Waals surface area (Å²) in [5, 5.41) is 9.78. The molecule has 0 aliphatic rings. The van der Waals surface area contributed by atoms with Crippen LogP contribution in [0.1, 0.15) is 22.8 Å². The highest BCUT2D eigenvalue weighted by Gasteiger charge is 2.17. The summed E-state index contributed by atoms with van der Waals surface area (Å²) < 4.78 is 0. The molecule has 9 heteroatoms. The monoisotopic (exact) mass is 594 g/mol. The second kappa shape index (κ2) is 13.2. The summed E-state index contributed by atoms with van der Waals surface area (Å²) in [6, 6.07) is 30.5. The first-order chi connectivity index (χ1) is 20.3. The Morgan fingerprint density at radius 3 is 2.38 bits per heavy atom. The van der Waals surface area contributed by atoms with E-state index in [9.17, 15) is 14.4 Å². The molecule has 3 amide bonds. The Morgan fingerprint density at radius 2 is 1.60 bits per heavy atom. The number of anilines is 2. The first kappa shape index (κ1) is 28.7. The van der Waals surface area contributed by atoms with Crippen LogP contribution < -0.4 is 16.0 Å². The number of H-pyrrole nitrogens is 1. The Labute approximate surface area is 252 Å². The molecule has 1 aromatic heterocycles. The van der Waals surface area contributed by atoms with E-state index < -0.39 is 17.1 Å². The topological polar surface area (TPSA) is 103 Å². The average Bonchev–Trinajstić information content (AvgIpc) is 3.46. The first-order valence-electron chi connectivity index (χ1n) is 13.1. The lowest BCUT2D eigenvalue weighted by Gasteiger charge is -2.14. The van der Waals surface area contributed by atoms with Crippen LogP contribution in [0.3, 0.4) is 0 Å². The van der Waals surface area contributed by atoms with Gasteiger partial charge in [-0.1, -0.05) is 54.1 Å². The zero-order valence-corrected chi connectivity index (χ0v) is 24.1. The van der Waals surface area contributed by atoms with Gasteiger partial charge in [0.15, 0.2) is 0 Å². The minimum Gasteiger partial charge on any atom is -0.361 e. The highest BCUT2D eigenvalue weighted by Crippen LogP contribution is 2.27. The summed E-state index contributed by atoms with van der Waals surface area (Å²) in [4.78, 5) is 43.1. The van der Waals surface area contributed by atoms with E-state index in [4.69, 9.17) is 11.6 Å². The van der Waals surface area contributed by atoms with Crippen molar-refractivity contribution in [1.82, 2.24) is 10.3 Å².